The molecule has 2 heterocycles. The number of hydrogen-bond donors (Lipinski definition) is 0. The second kappa shape index (κ2) is 6.25. The minimum Gasteiger partial charge on any atom is -0.324 e. The van der Waals surface area contributed by atoms with Crippen LogP contribution in [0.15, 0.2) is 29.9 Å². The molecule has 0 bridgehead atoms. The summed E-state index contributed by atoms with van der Waals surface area (Å²) in [5.74, 6) is -5.41. The number of aromatic nitrogens is 2. The van der Waals surface area contributed by atoms with Gasteiger partial charge in [0.1, 0.15) is 23.1 Å². The van der Waals surface area contributed by atoms with Crippen LogP contribution in [0.5, 0.6) is 0 Å². The predicted molar refractivity (Wildman–Crippen MR) is 76.4 cm³/mol. The third-order valence-corrected chi connectivity index (χ3v) is 3.87. The predicted octanol–water partition coefficient (Wildman–Crippen LogP) is 3.22. The summed E-state index contributed by atoms with van der Waals surface area (Å²) in [4.78, 5) is 20.0. The van der Waals surface area contributed by atoms with Gasteiger partial charge in [0, 0.05) is 35.5 Å². The Bertz CT molecular complexity index is 832. The highest BCUT2D eigenvalue weighted by atomic mass is 19.1. The molecule has 1 aliphatic rings. The van der Waals surface area contributed by atoms with Crippen LogP contribution in [0.1, 0.15) is 17.9 Å². The fourth-order valence-corrected chi connectivity index (χ4v) is 2.77. The summed E-state index contributed by atoms with van der Waals surface area (Å²) >= 11 is 0. The van der Waals surface area contributed by atoms with Crippen LogP contribution in [-0.4, -0.2) is 26.9 Å². The molecule has 2 aromatic rings. The molecule has 1 saturated heterocycles. The number of imidazole rings is 1. The van der Waals surface area contributed by atoms with E-state index < -0.39 is 40.5 Å². The lowest BCUT2D eigenvalue weighted by Gasteiger charge is -2.18. The molecule has 0 spiro atoms. The monoisotopic (exact) mass is 336 g/mol. The van der Waals surface area contributed by atoms with Crippen LogP contribution in [-0.2, 0) is 11.5 Å². The average molecular weight is 336 g/mol. The summed E-state index contributed by atoms with van der Waals surface area (Å²) < 4.78 is 43.6. The van der Waals surface area contributed by atoms with Gasteiger partial charge in [0.05, 0.1) is 18.9 Å². The number of hydrogen-bond acceptors (Lipinski definition) is 3. The lowest BCUT2D eigenvalue weighted by Crippen LogP contribution is -2.29. The van der Waals surface area contributed by atoms with E-state index in [4.69, 9.17) is 5.53 Å². The number of carbonyl (C=O) groups is 1. The Kier molecular flexibility index (Phi) is 4.13. The van der Waals surface area contributed by atoms with Gasteiger partial charge >= 0.3 is 0 Å². The molecule has 1 aliphatic heterocycles. The molecule has 1 atom stereocenters. The Morgan fingerprint density at radius 1 is 1.38 bits per heavy atom. The topological polar surface area (TPSA) is 86.9 Å². The van der Waals surface area contributed by atoms with Gasteiger partial charge in [-0.1, -0.05) is 5.11 Å². The van der Waals surface area contributed by atoms with Crippen molar-refractivity contribution in [2.24, 2.45) is 5.11 Å². The van der Waals surface area contributed by atoms with E-state index in [0.29, 0.717) is 6.07 Å². The maximum Gasteiger partial charge on any atom is 0.231 e. The lowest BCUT2D eigenvalue weighted by atomic mass is 9.95. The highest BCUT2D eigenvalue weighted by Crippen LogP contribution is 2.37. The molecule has 1 unspecified atom stereocenters. The quantitative estimate of drug-likeness (QED) is 0.487. The van der Waals surface area contributed by atoms with Crippen molar-refractivity contribution in [2.75, 3.05) is 6.54 Å². The lowest BCUT2D eigenvalue weighted by molar-refractivity contribution is -0.130. The number of carbonyl (C=O) groups excluding carboxylic acids is 1. The zero-order chi connectivity index (χ0) is 17.3. The molecule has 7 nitrogen and oxygen atoms in total. The van der Waals surface area contributed by atoms with Crippen molar-refractivity contribution < 1.29 is 18.0 Å². The van der Waals surface area contributed by atoms with Crippen LogP contribution in [0.3, 0.4) is 0 Å². The molecular weight excluding hydrogens is 325 g/mol. The normalized spacial score (nSPS) is 17.2. The maximum atomic E-state index is 14.4. The van der Waals surface area contributed by atoms with Crippen LogP contribution >= 0.6 is 0 Å². The summed E-state index contributed by atoms with van der Waals surface area (Å²) in [6, 6.07) is 0.425. The summed E-state index contributed by atoms with van der Waals surface area (Å²) in [7, 11) is 0. The molecule has 124 valence electrons. The molecule has 0 N–H and O–H groups in total. The van der Waals surface area contributed by atoms with Gasteiger partial charge in [-0.25, -0.2) is 18.2 Å². The van der Waals surface area contributed by atoms with E-state index in [2.05, 4.69) is 15.0 Å². The number of halogens is 3. The van der Waals surface area contributed by atoms with Crippen molar-refractivity contribution in [3.05, 3.63) is 58.2 Å². The van der Waals surface area contributed by atoms with Crippen molar-refractivity contribution in [3.63, 3.8) is 0 Å². The van der Waals surface area contributed by atoms with Gasteiger partial charge < -0.3 is 9.47 Å². The first-order chi connectivity index (χ1) is 11.5. The SMILES string of the molecule is [N-]=[N+]=Nc1c(F)cc(F)c(C2CCN(Cn3ccnc3)C2=O)c1F. The molecule has 10 heteroatoms. The second-order valence-electron chi connectivity index (χ2n) is 5.27. The van der Waals surface area contributed by atoms with Crippen molar-refractivity contribution in [1.29, 1.82) is 0 Å². The van der Waals surface area contributed by atoms with Crippen LogP contribution < -0.4 is 0 Å². The zero-order valence-corrected chi connectivity index (χ0v) is 12.2. The number of likely N-dealkylation sites (tertiary alicyclic amines) is 1. The van der Waals surface area contributed by atoms with E-state index >= 15 is 0 Å². The van der Waals surface area contributed by atoms with E-state index in [1.165, 1.54) is 11.2 Å². The fourth-order valence-electron chi connectivity index (χ4n) is 2.77. The molecule has 1 aromatic carbocycles. The molecule has 24 heavy (non-hydrogen) atoms. The van der Waals surface area contributed by atoms with Gasteiger partial charge in [0.15, 0.2) is 0 Å². The number of amides is 1. The smallest absolute Gasteiger partial charge is 0.231 e. The Morgan fingerprint density at radius 3 is 2.83 bits per heavy atom. The Hall–Kier alpha value is -3.00. The average Bonchev–Trinajstić information content (AvgIpc) is 3.16. The molecule has 1 fully saturated rings. The van der Waals surface area contributed by atoms with Crippen molar-refractivity contribution >= 4 is 11.6 Å². The van der Waals surface area contributed by atoms with Gasteiger partial charge in [-0.15, -0.1) is 0 Å². The minimum absolute atomic E-state index is 0.169. The molecule has 0 radical (unpaired) electrons. The van der Waals surface area contributed by atoms with E-state index in [0.717, 1.165) is 0 Å². The zero-order valence-electron chi connectivity index (χ0n) is 12.2. The van der Waals surface area contributed by atoms with Crippen molar-refractivity contribution in [1.82, 2.24) is 14.5 Å². The van der Waals surface area contributed by atoms with Gasteiger partial charge in [0.2, 0.25) is 5.91 Å². The first kappa shape index (κ1) is 15.9. The minimum atomic E-state index is -1.34. The van der Waals surface area contributed by atoms with E-state index in [9.17, 15) is 18.0 Å². The Balaban J connectivity index is 1.94. The third kappa shape index (κ3) is 2.67. The largest absolute Gasteiger partial charge is 0.324 e. The molecule has 3 rings (SSSR count). The van der Waals surface area contributed by atoms with Crippen LogP contribution in [0.4, 0.5) is 18.9 Å². The summed E-state index contributed by atoms with van der Waals surface area (Å²) in [6.45, 7) is 0.484. The molecule has 1 amide bonds. The van der Waals surface area contributed by atoms with Gasteiger partial charge in [-0.05, 0) is 12.0 Å². The van der Waals surface area contributed by atoms with E-state index in [1.54, 1.807) is 17.0 Å². The van der Waals surface area contributed by atoms with Crippen LogP contribution in [0, 0.1) is 17.5 Å². The summed E-state index contributed by atoms with van der Waals surface area (Å²) in [6.07, 6.45) is 4.88. The number of nitrogens with zero attached hydrogens (tertiary/aromatic N) is 6. The fraction of sp³-hybridized carbons (Fsp3) is 0.286. The highest BCUT2D eigenvalue weighted by molar-refractivity contribution is 5.86. The summed E-state index contributed by atoms with van der Waals surface area (Å²) in [5.41, 5.74) is 6.87. The Labute approximate surface area is 133 Å². The molecule has 0 aliphatic carbocycles. The van der Waals surface area contributed by atoms with E-state index in [-0.39, 0.29) is 19.6 Å². The van der Waals surface area contributed by atoms with Crippen LogP contribution in [0.25, 0.3) is 10.4 Å². The van der Waals surface area contributed by atoms with Crippen molar-refractivity contribution in [3.8, 4) is 0 Å². The van der Waals surface area contributed by atoms with Crippen molar-refractivity contribution in [2.45, 2.75) is 19.0 Å². The standard InChI is InChI=1S/C14H11F3N6O/c15-9-5-10(16)13(20-21-18)12(17)11(9)8-1-3-23(14(8)24)7-22-4-2-19-6-22/h2,4-6,8H,1,3,7H2. The first-order valence-corrected chi connectivity index (χ1v) is 7.00. The Morgan fingerprint density at radius 2 is 2.17 bits per heavy atom. The van der Waals surface area contributed by atoms with Crippen LogP contribution in [0.2, 0.25) is 0 Å². The van der Waals surface area contributed by atoms with E-state index in [1.807, 2.05) is 0 Å². The summed E-state index contributed by atoms with van der Waals surface area (Å²) in [5, 5.41) is 2.91. The number of rotatable bonds is 4. The number of azide groups is 1. The second-order valence-corrected chi connectivity index (χ2v) is 5.27. The van der Waals surface area contributed by atoms with Gasteiger partial charge in [0.25, 0.3) is 0 Å². The van der Waals surface area contributed by atoms with Gasteiger partial charge in [-0.2, -0.15) is 0 Å². The number of benzene rings is 1. The molecule has 0 saturated carbocycles. The van der Waals surface area contributed by atoms with Gasteiger partial charge in [-0.3, -0.25) is 4.79 Å². The maximum absolute atomic E-state index is 14.4. The third-order valence-electron chi connectivity index (χ3n) is 3.87. The highest BCUT2D eigenvalue weighted by Gasteiger charge is 2.37. The first-order valence-electron chi connectivity index (χ1n) is 7.00. The molecule has 1 aromatic heterocycles. The molecular formula is C14H11F3N6O.